The van der Waals surface area contributed by atoms with E-state index in [2.05, 4.69) is 48.5 Å². The highest BCUT2D eigenvalue weighted by molar-refractivity contribution is 8.05. The van der Waals surface area contributed by atoms with Crippen molar-refractivity contribution in [1.29, 1.82) is 0 Å². The molecule has 2 aromatic rings. The first-order chi connectivity index (χ1) is 7.93. The average Bonchev–Trinajstić information content (AvgIpc) is 2.38. The van der Waals surface area contributed by atoms with Crippen LogP contribution in [-0.4, -0.2) is 6.79 Å². The summed E-state index contributed by atoms with van der Waals surface area (Å²) in [6.45, 7) is 2.00. The van der Waals surface area contributed by atoms with Crippen molar-refractivity contribution in [3.8, 4) is 0 Å². The maximum atomic E-state index is 8.00. The van der Waals surface area contributed by atoms with Crippen LogP contribution < -0.4 is 0 Å². The van der Waals surface area contributed by atoms with Gasteiger partial charge in [0, 0.05) is 19.6 Å². The van der Waals surface area contributed by atoms with E-state index in [1.54, 1.807) is 0 Å². The Kier molecular flexibility index (Phi) is 3.70. The molecule has 0 spiro atoms. The zero-order chi connectivity index (χ0) is 11.4. The van der Waals surface area contributed by atoms with Crippen LogP contribution in [0.3, 0.4) is 0 Å². The van der Waals surface area contributed by atoms with E-state index >= 15 is 0 Å². The third-order valence-electron chi connectivity index (χ3n) is 2.14. The first-order valence-corrected chi connectivity index (χ1v) is 6.39. The number of benzene rings is 2. The van der Waals surface area contributed by atoms with Gasteiger partial charge in [-0.25, -0.2) is 0 Å². The molecular weight excluding hydrogens is 236 g/mol. The second-order valence-electron chi connectivity index (χ2n) is 3.10. The molecule has 0 amide bonds. The fourth-order valence-electron chi connectivity index (χ4n) is 1.47. The monoisotopic (exact) mass is 246 g/mol. The topological polar surface area (TPSA) is 17.1 Å². The molecule has 1 heterocycles. The van der Waals surface area contributed by atoms with Crippen LogP contribution in [0.15, 0.2) is 68.1 Å². The summed E-state index contributed by atoms with van der Waals surface area (Å²) >= 11 is 3.72. The van der Waals surface area contributed by atoms with Crippen molar-refractivity contribution in [2.75, 3.05) is 0 Å². The van der Waals surface area contributed by atoms with Crippen LogP contribution in [0.2, 0.25) is 0 Å². The van der Waals surface area contributed by atoms with Gasteiger partial charge in [-0.3, -0.25) is 0 Å². The molecule has 0 bridgehead atoms. The number of fused-ring (bicyclic) bond motifs is 2. The van der Waals surface area contributed by atoms with Crippen molar-refractivity contribution in [2.45, 2.75) is 19.6 Å². The molecule has 16 heavy (non-hydrogen) atoms. The molecule has 0 aromatic heterocycles. The maximum absolute atomic E-state index is 8.00. The zero-order valence-electron chi connectivity index (χ0n) is 8.55. The average molecular weight is 246 g/mol. The van der Waals surface area contributed by atoms with Crippen molar-refractivity contribution < 1.29 is 4.79 Å². The van der Waals surface area contributed by atoms with Crippen molar-refractivity contribution in [2.24, 2.45) is 0 Å². The van der Waals surface area contributed by atoms with Gasteiger partial charge in [-0.1, -0.05) is 47.8 Å². The lowest BCUT2D eigenvalue weighted by atomic mass is 10.3. The molecule has 0 atom stereocenters. The minimum Gasteiger partial charge on any atom is -0.307 e. The van der Waals surface area contributed by atoms with Crippen LogP contribution in [0.1, 0.15) is 0 Å². The fraction of sp³-hybridized carbons (Fsp3) is 0. The molecule has 1 aliphatic heterocycles. The van der Waals surface area contributed by atoms with E-state index in [4.69, 9.17) is 4.79 Å². The van der Waals surface area contributed by atoms with Gasteiger partial charge in [-0.2, -0.15) is 0 Å². The van der Waals surface area contributed by atoms with Crippen molar-refractivity contribution in [3.63, 3.8) is 0 Å². The van der Waals surface area contributed by atoms with E-state index in [1.165, 1.54) is 19.6 Å². The van der Waals surface area contributed by atoms with Gasteiger partial charge in [0.15, 0.2) is 0 Å². The molecule has 0 aliphatic carbocycles. The molecule has 1 aliphatic rings. The molecule has 0 fully saturated rings. The largest absolute Gasteiger partial charge is 0.307 e. The number of rotatable bonds is 0. The smallest absolute Gasteiger partial charge is 0.106 e. The molecule has 0 saturated carbocycles. The van der Waals surface area contributed by atoms with Crippen LogP contribution in [0.5, 0.6) is 0 Å². The summed E-state index contributed by atoms with van der Waals surface area (Å²) in [4.78, 5) is 13.5. The zero-order valence-corrected chi connectivity index (χ0v) is 10.2. The highest BCUT2D eigenvalue weighted by Gasteiger charge is 2.14. The van der Waals surface area contributed by atoms with E-state index < -0.39 is 0 Å². The van der Waals surface area contributed by atoms with Gasteiger partial charge in [0.05, 0.1) is 0 Å². The lowest BCUT2D eigenvalue weighted by Gasteiger charge is -2.17. The minimum absolute atomic E-state index is 1.37. The Morgan fingerprint density at radius 3 is 1.12 bits per heavy atom. The van der Waals surface area contributed by atoms with E-state index in [-0.39, 0.29) is 0 Å². The highest BCUT2D eigenvalue weighted by atomic mass is 32.2. The summed E-state index contributed by atoms with van der Waals surface area (Å²) in [5.74, 6) is 0. The lowest BCUT2D eigenvalue weighted by molar-refractivity contribution is -0.0979. The summed E-state index contributed by atoms with van der Waals surface area (Å²) in [6.07, 6.45) is 0. The van der Waals surface area contributed by atoms with Crippen LogP contribution in [0, 0.1) is 0 Å². The van der Waals surface area contributed by atoms with Crippen LogP contribution in [0.25, 0.3) is 0 Å². The molecule has 80 valence electrons. The van der Waals surface area contributed by atoms with E-state index in [1.807, 2.05) is 30.3 Å². The number of carbonyl (C=O) groups excluding carboxylic acids is 1. The third-order valence-corrected chi connectivity index (χ3v) is 4.70. The summed E-state index contributed by atoms with van der Waals surface area (Å²) < 4.78 is 0. The quantitative estimate of drug-likeness (QED) is 0.594. The van der Waals surface area contributed by atoms with Crippen molar-refractivity contribution in [3.05, 3.63) is 48.5 Å². The van der Waals surface area contributed by atoms with E-state index in [0.29, 0.717) is 0 Å². The maximum Gasteiger partial charge on any atom is 0.106 e. The van der Waals surface area contributed by atoms with Crippen LogP contribution in [0.4, 0.5) is 0 Å². The standard InChI is InChI=1S/C12H8S2.CH2O/c1-2-6-10-9(5-1)13-11-7-3-4-8-12(11)14-10;1-2/h1-8H;1H2. The number of carbonyl (C=O) groups is 1. The van der Waals surface area contributed by atoms with E-state index in [9.17, 15) is 0 Å². The van der Waals surface area contributed by atoms with Crippen molar-refractivity contribution >= 4 is 30.3 Å². The first kappa shape index (κ1) is 11.3. The van der Waals surface area contributed by atoms with Gasteiger partial charge in [0.1, 0.15) is 6.79 Å². The fourth-order valence-corrected chi connectivity index (χ4v) is 3.71. The van der Waals surface area contributed by atoms with Gasteiger partial charge in [-0.05, 0) is 24.3 Å². The van der Waals surface area contributed by atoms with Gasteiger partial charge >= 0.3 is 0 Å². The molecule has 0 radical (unpaired) electrons. The summed E-state index contributed by atoms with van der Waals surface area (Å²) in [6, 6.07) is 17.1. The molecule has 3 rings (SSSR count). The Labute approximate surface area is 103 Å². The predicted octanol–water partition coefficient (Wildman–Crippen LogP) is 4.12. The molecular formula is C13H10OS2. The Bertz CT molecular complexity index is 409. The summed E-state index contributed by atoms with van der Waals surface area (Å²) in [5, 5.41) is 0. The Balaban J connectivity index is 0.000000457. The SMILES string of the molecule is C=O.c1ccc2c(c1)Sc1ccccc1S2. The molecule has 0 N–H and O–H groups in total. The van der Waals surface area contributed by atoms with Crippen LogP contribution >= 0.6 is 23.5 Å². The highest BCUT2D eigenvalue weighted by Crippen LogP contribution is 2.47. The minimum atomic E-state index is 1.37. The second kappa shape index (κ2) is 5.23. The molecule has 1 nitrogen and oxygen atoms in total. The van der Waals surface area contributed by atoms with Gasteiger partial charge in [-0.15, -0.1) is 0 Å². The third kappa shape index (κ3) is 2.15. The summed E-state index contributed by atoms with van der Waals surface area (Å²) in [5.41, 5.74) is 0. The lowest BCUT2D eigenvalue weighted by Crippen LogP contribution is -1.87. The van der Waals surface area contributed by atoms with Gasteiger partial charge in [0.2, 0.25) is 0 Å². The molecule has 2 aromatic carbocycles. The normalized spacial score (nSPS) is 11.8. The Morgan fingerprint density at radius 2 is 0.875 bits per heavy atom. The van der Waals surface area contributed by atoms with Gasteiger partial charge < -0.3 is 4.79 Å². The number of hydrogen-bond donors (Lipinski definition) is 0. The predicted molar refractivity (Wildman–Crippen MR) is 68.3 cm³/mol. The van der Waals surface area contributed by atoms with Crippen LogP contribution in [-0.2, 0) is 4.79 Å². The Morgan fingerprint density at radius 1 is 0.625 bits per heavy atom. The molecule has 3 heteroatoms. The summed E-state index contributed by atoms with van der Waals surface area (Å²) in [7, 11) is 0. The number of hydrogen-bond acceptors (Lipinski definition) is 3. The molecule has 0 unspecified atom stereocenters. The van der Waals surface area contributed by atoms with E-state index in [0.717, 1.165) is 0 Å². The Hall–Kier alpha value is -1.19. The first-order valence-electron chi connectivity index (χ1n) is 4.76. The van der Waals surface area contributed by atoms with Gasteiger partial charge in [0.25, 0.3) is 0 Å². The molecule has 0 saturated heterocycles. The van der Waals surface area contributed by atoms with Crippen molar-refractivity contribution in [1.82, 2.24) is 0 Å². The second-order valence-corrected chi connectivity index (χ2v) is 5.27.